The lowest BCUT2D eigenvalue weighted by Gasteiger charge is -2.07. The summed E-state index contributed by atoms with van der Waals surface area (Å²) in [4.78, 5) is 32.7. The second-order valence-electron chi connectivity index (χ2n) is 6.15. The summed E-state index contributed by atoms with van der Waals surface area (Å²) in [6.45, 7) is 4.36. The second kappa shape index (κ2) is 14.2. The largest absolute Gasteiger partial charge is 0.400 e. The van der Waals surface area contributed by atoms with E-state index in [4.69, 9.17) is 5.11 Å². The van der Waals surface area contributed by atoms with Gasteiger partial charge >= 0.3 is 0 Å². The molecule has 0 aliphatic heterocycles. The van der Waals surface area contributed by atoms with Crippen molar-refractivity contribution in [3.05, 3.63) is 59.7 Å². The Hall–Kier alpha value is -2.86. The molecule has 0 radical (unpaired) electrons. The second-order valence-corrected chi connectivity index (χ2v) is 6.15. The van der Waals surface area contributed by atoms with Gasteiger partial charge in [-0.15, -0.1) is 0 Å². The van der Waals surface area contributed by atoms with Crippen LogP contribution < -0.4 is 5.32 Å². The van der Waals surface area contributed by atoms with Crippen LogP contribution in [0, 0.1) is 5.92 Å². The summed E-state index contributed by atoms with van der Waals surface area (Å²) in [7, 11) is 2.54. The molecule has 0 saturated carbocycles. The number of hydrogen-bond acceptors (Lipinski definition) is 4. The average molecular weight is 403 g/mol. The van der Waals surface area contributed by atoms with Gasteiger partial charge in [-0.05, 0) is 37.0 Å². The van der Waals surface area contributed by atoms with E-state index in [0.717, 1.165) is 18.2 Å². The maximum absolute atomic E-state index is 12.4. The minimum atomic E-state index is -0.454. The van der Waals surface area contributed by atoms with Crippen LogP contribution in [0.25, 0.3) is 11.1 Å². The Morgan fingerprint density at radius 1 is 0.931 bits per heavy atom. The Labute approximate surface area is 172 Å². The summed E-state index contributed by atoms with van der Waals surface area (Å²) in [6, 6.07) is 14.7. The van der Waals surface area contributed by atoms with Crippen molar-refractivity contribution >= 4 is 17.5 Å². The zero-order valence-electron chi connectivity index (χ0n) is 17.7. The highest BCUT2D eigenvalue weighted by molar-refractivity contribution is 6.00. The van der Waals surface area contributed by atoms with Crippen LogP contribution in [0.2, 0.25) is 0 Å². The Morgan fingerprint density at radius 2 is 1.38 bits per heavy atom. The van der Waals surface area contributed by atoms with Crippen LogP contribution >= 0.6 is 0 Å². The van der Waals surface area contributed by atoms with Crippen LogP contribution in [0.1, 0.15) is 43.1 Å². The van der Waals surface area contributed by atoms with Crippen LogP contribution in [0.4, 0.5) is 4.39 Å². The molecular formula is C23H30FNO4. The van der Waals surface area contributed by atoms with E-state index in [1.807, 2.05) is 31.2 Å². The van der Waals surface area contributed by atoms with E-state index < -0.39 is 12.6 Å². The molecule has 0 spiro atoms. The Bertz CT molecular complexity index is 770. The quantitative estimate of drug-likeness (QED) is 0.564. The summed E-state index contributed by atoms with van der Waals surface area (Å²) >= 11 is 0. The molecule has 0 fully saturated rings. The molecular weight excluding hydrogens is 373 g/mol. The fourth-order valence-electron chi connectivity index (χ4n) is 2.52. The topological polar surface area (TPSA) is 83.5 Å². The number of Topliss-reactive ketones (excluding diaryl/α,β-unsaturated/α-hetero) is 2. The summed E-state index contributed by atoms with van der Waals surface area (Å²) in [6.07, 6.45) is 0.578. The summed E-state index contributed by atoms with van der Waals surface area (Å²) in [5.74, 6) is -0.647. The molecule has 0 aliphatic carbocycles. The van der Waals surface area contributed by atoms with Gasteiger partial charge in [-0.3, -0.25) is 14.4 Å². The molecule has 5 nitrogen and oxygen atoms in total. The van der Waals surface area contributed by atoms with Gasteiger partial charge in [0.15, 0.2) is 5.78 Å². The molecule has 0 aliphatic rings. The minimum Gasteiger partial charge on any atom is -0.400 e. The van der Waals surface area contributed by atoms with E-state index in [-0.39, 0.29) is 17.5 Å². The van der Waals surface area contributed by atoms with Gasteiger partial charge in [0.05, 0.1) is 5.92 Å². The molecule has 6 heteroatoms. The maximum atomic E-state index is 12.4. The average Bonchev–Trinajstić information content (AvgIpc) is 2.75. The number of ketones is 2. The molecule has 2 N–H and O–H groups in total. The first-order chi connectivity index (χ1) is 13.8. The molecule has 2 rings (SSSR count). The summed E-state index contributed by atoms with van der Waals surface area (Å²) in [5, 5.41) is 9.44. The summed E-state index contributed by atoms with van der Waals surface area (Å²) < 4.78 is 12.4. The van der Waals surface area contributed by atoms with Gasteiger partial charge in [0.1, 0.15) is 12.5 Å². The number of hydrogen-bond donors (Lipinski definition) is 2. The van der Waals surface area contributed by atoms with Gasteiger partial charge < -0.3 is 10.4 Å². The van der Waals surface area contributed by atoms with E-state index in [9.17, 15) is 18.8 Å². The predicted molar refractivity (Wildman–Crippen MR) is 113 cm³/mol. The van der Waals surface area contributed by atoms with E-state index in [0.29, 0.717) is 17.5 Å². The van der Waals surface area contributed by atoms with Gasteiger partial charge in [-0.25, -0.2) is 4.39 Å². The van der Waals surface area contributed by atoms with Gasteiger partial charge in [0.25, 0.3) is 0 Å². The van der Waals surface area contributed by atoms with Gasteiger partial charge in [0, 0.05) is 19.7 Å². The van der Waals surface area contributed by atoms with E-state index in [2.05, 4.69) is 5.32 Å². The molecule has 0 saturated heterocycles. The van der Waals surface area contributed by atoms with Crippen molar-refractivity contribution in [3.8, 4) is 11.1 Å². The number of carbonyl (C=O) groups excluding carboxylic acids is 3. The van der Waals surface area contributed by atoms with Gasteiger partial charge in [-0.1, -0.05) is 55.5 Å². The molecule has 1 amide bonds. The Morgan fingerprint density at radius 3 is 1.66 bits per heavy atom. The number of aliphatic hydroxyl groups excluding tert-OH is 1. The number of alkyl halides is 1. The van der Waals surface area contributed by atoms with Crippen molar-refractivity contribution in [2.75, 3.05) is 14.2 Å². The molecule has 0 aromatic heterocycles. The zero-order valence-corrected chi connectivity index (χ0v) is 17.7. The first-order valence-electron chi connectivity index (χ1n) is 9.27. The first-order valence-corrected chi connectivity index (χ1v) is 9.27. The summed E-state index contributed by atoms with van der Waals surface area (Å²) in [5.41, 5.74) is 3.43. The third-order valence-corrected chi connectivity index (χ3v) is 4.19. The molecule has 2 aromatic carbocycles. The van der Waals surface area contributed by atoms with Crippen molar-refractivity contribution < 1.29 is 23.9 Å². The van der Waals surface area contributed by atoms with E-state index in [1.54, 1.807) is 31.2 Å². The van der Waals surface area contributed by atoms with E-state index in [1.165, 1.54) is 14.0 Å². The van der Waals surface area contributed by atoms with Crippen molar-refractivity contribution in [1.29, 1.82) is 0 Å². The number of rotatable bonds is 6. The number of benzene rings is 2. The lowest BCUT2D eigenvalue weighted by molar-refractivity contribution is -0.132. The molecule has 1 atom stereocenters. The van der Waals surface area contributed by atoms with E-state index >= 15 is 0 Å². The standard InChI is InChI=1S/C15H13FO.C7H13NO2.CH4O/c1-11(17)13-6-8-15(9-7-13)14-4-2-12(10-16)3-5-14;1-4-6(5(2)9)7(10)8-3;1-2/h2-9H,10H2,1H3;6H,4H2,1-3H3,(H,8,10);2H,1H3. The van der Waals surface area contributed by atoms with Crippen LogP contribution in [0.3, 0.4) is 0 Å². The highest BCUT2D eigenvalue weighted by Gasteiger charge is 2.18. The van der Waals surface area contributed by atoms with Crippen molar-refractivity contribution in [3.63, 3.8) is 0 Å². The Kier molecular flexibility index (Phi) is 12.8. The van der Waals surface area contributed by atoms with Crippen LogP contribution in [-0.2, 0) is 16.3 Å². The molecule has 158 valence electrons. The zero-order chi connectivity index (χ0) is 22.4. The highest BCUT2D eigenvalue weighted by atomic mass is 19.1. The smallest absolute Gasteiger partial charge is 0.230 e. The molecule has 2 aromatic rings. The number of halogens is 1. The number of aliphatic hydroxyl groups is 1. The SMILES string of the molecule is CC(=O)c1ccc(-c2ccc(CF)cc2)cc1.CCC(C(C)=O)C(=O)NC.CO. The van der Waals surface area contributed by atoms with Crippen LogP contribution in [0.15, 0.2) is 48.5 Å². The van der Waals surface area contributed by atoms with Crippen molar-refractivity contribution in [2.45, 2.75) is 33.9 Å². The van der Waals surface area contributed by atoms with Crippen LogP contribution in [0.5, 0.6) is 0 Å². The van der Waals surface area contributed by atoms with Crippen molar-refractivity contribution in [2.24, 2.45) is 5.92 Å². The number of amides is 1. The fraction of sp³-hybridized carbons (Fsp3) is 0.348. The molecule has 1 unspecified atom stereocenters. The number of carbonyl (C=O) groups is 3. The van der Waals surface area contributed by atoms with Crippen LogP contribution in [-0.4, -0.2) is 36.7 Å². The Balaban J connectivity index is 0.000000563. The maximum Gasteiger partial charge on any atom is 0.230 e. The van der Waals surface area contributed by atoms with Gasteiger partial charge in [-0.2, -0.15) is 0 Å². The van der Waals surface area contributed by atoms with Gasteiger partial charge in [0.2, 0.25) is 5.91 Å². The third kappa shape index (κ3) is 8.79. The highest BCUT2D eigenvalue weighted by Crippen LogP contribution is 2.20. The molecule has 0 heterocycles. The third-order valence-electron chi connectivity index (χ3n) is 4.19. The molecule has 0 bridgehead atoms. The minimum absolute atomic E-state index is 0.0596. The normalized spacial score (nSPS) is 10.4. The lowest BCUT2D eigenvalue weighted by Crippen LogP contribution is -2.31. The number of nitrogens with one attached hydrogen (secondary N) is 1. The monoisotopic (exact) mass is 403 g/mol. The molecule has 29 heavy (non-hydrogen) atoms. The lowest BCUT2D eigenvalue weighted by atomic mass is 10.0. The first kappa shape index (κ1) is 26.1. The predicted octanol–water partition coefficient (Wildman–Crippen LogP) is 3.98. The fourth-order valence-corrected chi connectivity index (χ4v) is 2.52. The van der Waals surface area contributed by atoms with Crippen molar-refractivity contribution in [1.82, 2.24) is 5.32 Å².